The first-order valence-corrected chi connectivity index (χ1v) is 9.84. The van der Waals surface area contributed by atoms with Crippen LogP contribution in [0.1, 0.15) is 72.1 Å². The van der Waals surface area contributed by atoms with Crippen LogP contribution in [-0.4, -0.2) is 17.3 Å². The van der Waals surface area contributed by atoms with Crippen LogP contribution in [-0.2, 0) is 14.4 Å². The van der Waals surface area contributed by atoms with Gasteiger partial charge in [0.15, 0.2) is 0 Å². The van der Waals surface area contributed by atoms with Crippen LogP contribution < -0.4 is 0 Å². The monoisotopic (exact) mass is 330 g/mol. The fourth-order valence-electron chi connectivity index (χ4n) is 7.40. The van der Waals surface area contributed by atoms with Gasteiger partial charge in [0, 0.05) is 30.6 Å². The molecule has 7 atom stereocenters. The van der Waals surface area contributed by atoms with Crippen LogP contribution >= 0.6 is 0 Å². The molecule has 0 aliphatic heterocycles. The Labute approximate surface area is 144 Å². The molecule has 0 aromatic carbocycles. The van der Waals surface area contributed by atoms with E-state index in [1.807, 2.05) is 0 Å². The topological polar surface area (TPSA) is 51.2 Å². The quantitative estimate of drug-likeness (QED) is 0.730. The highest BCUT2D eigenvalue weighted by Gasteiger charge is 2.64. The standard InChI is InChI=1S/C21H30O3/c1-12(22)16-6-7-17-15-5-4-13-10-14(23)8-9-20(13,2)18(15)11-19(24)21(16,17)3/h13,15-18H,4-11H2,1-3H3/t13-,15-,16-,17+,18-,20-,21-/m0/s1. The molecule has 0 radical (unpaired) electrons. The van der Waals surface area contributed by atoms with E-state index in [1.54, 1.807) is 6.92 Å². The second-order valence-corrected chi connectivity index (χ2v) is 9.55. The minimum Gasteiger partial charge on any atom is -0.300 e. The lowest BCUT2D eigenvalue weighted by molar-refractivity contribution is -0.160. The van der Waals surface area contributed by atoms with Crippen molar-refractivity contribution in [3.63, 3.8) is 0 Å². The van der Waals surface area contributed by atoms with Crippen LogP contribution in [0.25, 0.3) is 0 Å². The van der Waals surface area contributed by atoms with Crippen molar-refractivity contribution in [3.05, 3.63) is 0 Å². The molecule has 0 aromatic heterocycles. The van der Waals surface area contributed by atoms with Crippen molar-refractivity contribution in [2.75, 3.05) is 0 Å². The Balaban J connectivity index is 1.69. The molecule has 4 fully saturated rings. The normalized spacial score (nSPS) is 50.9. The Morgan fingerprint density at radius 1 is 1.00 bits per heavy atom. The summed E-state index contributed by atoms with van der Waals surface area (Å²) in [6.07, 6.45) is 7.24. The van der Waals surface area contributed by atoms with Crippen LogP contribution in [0, 0.1) is 40.4 Å². The van der Waals surface area contributed by atoms with Crippen LogP contribution in [0.2, 0.25) is 0 Å². The van der Waals surface area contributed by atoms with Crippen LogP contribution in [0.4, 0.5) is 0 Å². The molecule has 0 N–H and O–H groups in total. The molecular weight excluding hydrogens is 300 g/mol. The van der Waals surface area contributed by atoms with Crippen molar-refractivity contribution in [1.82, 2.24) is 0 Å². The average molecular weight is 330 g/mol. The molecule has 0 amide bonds. The lowest BCUT2D eigenvalue weighted by atomic mass is 9.44. The Morgan fingerprint density at radius 3 is 2.46 bits per heavy atom. The van der Waals surface area contributed by atoms with Crippen molar-refractivity contribution < 1.29 is 14.4 Å². The SMILES string of the molecule is CC(=O)[C@@H]1CC[C@@H]2[C@@H]3CC[C@H]4CC(=O)CC[C@]4(C)[C@H]3CC(=O)[C@]21C. The molecule has 0 saturated heterocycles. The van der Waals surface area contributed by atoms with Gasteiger partial charge in [0.05, 0.1) is 0 Å². The third-order valence-electron chi connectivity index (χ3n) is 8.84. The van der Waals surface area contributed by atoms with Crippen molar-refractivity contribution in [2.24, 2.45) is 40.4 Å². The van der Waals surface area contributed by atoms with Gasteiger partial charge in [0.2, 0.25) is 0 Å². The van der Waals surface area contributed by atoms with Gasteiger partial charge in [0.25, 0.3) is 0 Å². The fraction of sp³-hybridized carbons (Fsp3) is 0.857. The highest BCUT2D eigenvalue weighted by Crippen LogP contribution is 2.66. The summed E-state index contributed by atoms with van der Waals surface area (Å²) in [6, 6.07) is 0. The molecule has 0 heterocycles. The van der Waals surface area contributed by atoms with E-state index < -0.39 is 5.41 Å². The first-order valence-electron chi connectivity index (χ1n) is 9.84. The number of carbonyl (C=O) groups excluding carboxylic acids is 3. The molecule has 4 aliphatic rings. The Bertz CT molecular complexity index is 608. The zero-order valence-electron chi connectivity index (χ0n) is 15.3. The maximum Gasteiger partial charge on any atom is 0.140 e. The van der Waals surface area contributed by atoms with Crippen molar-refractivity contribution >= 4 is 17.3 Å². The van der Waals surface area contributed by atoms with E-state index in [1.165, 1.54) is 0 Å². The zero-order chi connectivity index (χ0) is 17.3. The molecular formula is C21H30O3. The predicted octanol–water partition coefficient (Wildman–Crippen LogP) is 3.98. The molecule has 0 spiro atoms. The minimum atomic E-state index is -0.416. The molecule has 4 aliphatic carbocycles. The van der Waals surface area contributed by atoms with Gasteiger partial charge < -0.3 is 0 Å². The molecule has 0 aromatic rings. The second kappa shape index (κ2) is 5.25. The number of ketones is 3. The van der Waals surface area contributed by atoms with Crippen molar-refractivity contribution in [2.45, 2.75) is 72.1 Å². The predicted molar refractivity (Wildman–Crippen MR) is 91.3 cm³/mol. The number of Topliss-reactive ketones (excluding diaryl/α,β-unsaturated/α-hetero) is 3. The average Bonchev–Trinajstić information content (AvgIpc) is 2.88. The second-order valence-electron chi connectivity index (χ2n) is 9.55. The van der Waals surface area contributed by atoms with Gasteiger partial charge in [-0.15, -0.1) is 0 Å². The summed E-state index contributed by atoms with van der Waals surface area (Å²) in [5.74, 6) is 2.76. The van der Waals surface area contributed by atoms with E-state index in [0.717, 1.165) is 38.5 Å². The summed E-state index contributed by atoms with van der Waals surface area (Å²) in [6.45, 7) is 6.12. The number of rotatable bonds is 1. The van der Waals surface area contributed by atoms with E-state index >= 15 is 0 Å². The maximum atomic E-state index is 13.2. The summed E-state index contributed by atoms with van der Waals surface area (Å²) in [4.78, 5) is 37.3. The molecule has 0 bridgehead atoms. The molecule has 4 rings (SSSR count). The lowest BCUT2D eigenvalue weighted by Crippen LogP contribution is -2.57. The van der Waals surface area contributed by atoms with Gasteiger partial charge in [-0.2, -0.15) is 0 Å². The molecule has 132 valence electrons. The lowest BCUT2D eigenvalue weighted by Gasteiger charge is -2.59. The molecule has 3 nitrogen and oxygen atoms in total. The van der Waals surface area contributed by atoms with Gasteiger partial charge in [-0.1, -0.05) is 13.8 Å². The van der Waals surface area contributed by atoms with Gasteiger partial charge >= 0.3 is 0 Å². The molecule has 4 saturated carbocycles. The molecule has 24 heavy (non-hydrogen) atoms. The van der Waals surface area contributed by atoms with E-state index in [0.29, 0.717) is 48.1 Å². The fourth-order valence-corrected chi connectivity index (χ4v) is 7.40. The Hall–Kier alpha value is -0.990. The van der Waals surface area contributed by atoms with Crippen LogP contribution in [0.3, 0.4) is 0 Å². The largest absolute Gasteiger partial charge is 0.300 e. The first-order chi connectivity index (χ1) is 11.3. The zero-order valence-corrected chi connectivity index (χ0v) is 15.3. The van der Waals surface area contributed by atoms with Gasteiger partial charge in [-0.3, -0.25) is 14.4 Å². The first kappa shape index (κ1) is 16.5. The highest BCUT2D eigenvalue weighted by molar-refractivity contribution is 5.93. The third-order valence-corrected chi connectivity index (χ3v) is 8.84. The van der Waals surface area contributed by atoms with Crippen LogP contribution in [0.5, 0.6) is 0 Å². The maximum absolute atomic E-state index is 13.2. The van der Waals surface area contributed by atoms with Crippen molar-refractivity contribution in [3.8, 4) is 0 Å². The van der Waals surface area contributed by atoms with E-state index in [-0.39, 0.29) is 17.1 Å². The number of hydrogen-bond acceptors (Lipinski definition) is 3. The third kappa shape index (κ3) is 1.99. The minimum absolute atomic E-state index is 0.0607. The number of hydrogen-bond donors (Lipinski definition) is 0. The summed E-state index contributed by atoms with van der Waals surface area (Å²) in [7, 11) is 0. The molecule has 3 heteroatoms. The van der Waals surface area contributed by atoms with Gasteiger partial charge in [0.1, 0.15) is 17.3 Å². The van der Waals surface area contributed by atoms with Gasteiger partial charge in [-0.25, -0.2) is 0 Å². The smallest absolute Gasteiger partial charge is 0.140 e. The summed E-state index contributed by atoms with van der Waals surface area (Å²) < 4.78 is 0. The number of carbonyl (C=O) groups is 3. The van der Waals surface area contributed by atoms with Crippen LogP contribution in [0.15, 0.2) is 0 Å². The Morgan fingerprint density at radius 2 is 1.75 bits per heavy atom. The summed E-state index contributed by atoms with van der Waals surface area (Å²) >= 11 is 0. The highest BCUT2D eigenvalue weighted by atomic mass is 16.1. The van der Waals surface area contributed by atoms with Crippen molar-refractivity contribution in [1.29, 1.82) is 0 Å². The molecule has 0 unspecified atom stereocenters. The van der Waals surface area contributed by atoms with Gasteiger partial charge in [-0.05, 0) is 68.1 Å². The summed E-state index contributed by atoms with van der Waals surface area (Å²) in [5, 5.41) is 0. The number of fused-ring (bicyclic) bond motifs is 5. The van der Waals surface area contributed by atoms with E-state index in [2.05, 4.69) is 13.8 Å². The Kier molecular flexibility index (Phi) is 3.61. The van der Waals surface area contributed by atoms with E-state index in [9.17, 15) is 14.4 Å². The van der Waals surface area contributed by atoms with E-state index in [4.69, 9.17) is 0 Å². The summed E-state index contributed by atoms with van der Waals surface area (Å²) in [5.41, 5.74) is -0.261.